The van der Waals surface area contributed by atoms with Crippen LogP contribution in [0.25, 0.3) is 11.1 Å². The van der Waals surface area contributed by atoms with Gasteiger partial charge in [0, 0.05) is 18.6 Å². The molecule has 2 nitrogen and oxygen atoms in total. The molecule has 0 aliphatic carbocycles. The van der Waals surface area contributed by atoms with Crippen molar-refractivity contribution in [2.24, 2.45) is 0 Å². The molecule has 0 N–H and O–H groups in total. The Labute approximate surface area is 234 Å². The normalized spacial score (nSPS) is 10.6. The Morgan fingerprint density at radius 3 is 1.65 bits per heavy atom. The van der Waals surface area contributed by atoms with Crippen molar-refractivity contribution in [3.63, 3.8) is 0 Å². The number of hydrogen-bond donors (Lipinski definition) is 0. The second kappa shape index (κ2) is 16.8. The van der Waals surface area contributed by atoms with Gasteiger partial charge in [-0.15, -0.1) is 0 Å². The van der Waals surface area contributed by atoms with Gasteiger partial charge < -0.3 is 21.7 Å². The molecule has 194 valence electrons. The molecule has 0 unspecified atom stereocenters. The molecule has 0 atom stereocenters. The van der Waals surface area contributed by atoms with Gasteiger partial charge in [-0.05, 0) is 60.1 Å². The standard InChI is InChI=1S/C34H40NO.BrH/c1(2-4-12-26-35-27-24-33(25-28-35)32-16-10-7-11-17-32)3-5-13-29-36-34-22-20-31(21-23-34)19-18-30-14-8-6-9-15-30;/h6-11,14-17,20-25,27-28H,1-5,12-13,18-19,26,29H2;1H/q+1;/p-1. The molecule has 1 heterocycles. The van der Waals surface area contributed by atoms with Gasteiger partial charge in [0.15, 0.2) is 12.4 Å². The summed E-state index contributed by atoms with van der Waals surface area (Å²) in [5.41, 5.74) is 5.33. The summed E-state index contributed by atoms with van der Waals surface area (Å²) in [4.78, 5) is 0. The second-order valence-corrected chi connectivity index (χ2v) is 9.64. The second-order valence-electron chi connectivity index (χ2n) is 9.64. The average molecular weight is 559 g/mol. The molecule has 3 aromatic carbocycles. The molecule has 0 saturated heterocycles. The Morgan fingerprint density at radius 1 is 0.486 bits per heavy atom. The third-order valence-corrected chi connectivity index (χ3v) is 6.80. The number of ether oxygens (including phenoxy) is 1. The number of halogens is 1. The molecule has 4 aromatic rings. The van der Waals surface area contributed by atoms with Gasteiger partial charge in [0.25, 0.3) is 0 Å². The highest BCUT2D eigenvalue weighted by atomic mass is 79.9. The molecule has 0 bridgehead atoms. The first-order chi connectivity index (χ1) is 17.9. The minimum absolute atomic E-state index is 0. The van der Waals surface area contributed by atoms with Gasteiger partial charge in [-0.2, -0.15) is 0 Å². The van der Waals surface area contributed by atoms with Gasteiger partial charge in [0.05, 0.1) is 6.61 Å². The Bertz CT molecular complexity index is 1110. The molecule has 0 radical (unpaired) electrons. The molecule has 1 aromatic heterocycles. The number of aromatic nitrogens is 1. The number of benzene rings is 3. The van der Waals surface area contributed by atoms with Crippen molar-refractivity contribution < 1.29 is 26.3 Å². The van der Waals surface area contributed by atoms with Crippen LogP contribution in [0.2, 0.25) is 0 Å². The molecule has 4 rings (SSSR count). The fourth-order valence-corrected chi connectivity index (χ4v) is 4.59. The molecule has 37 heavy (non-hydrogen) atoms. The Balaban J connectivity index is 0.00000380. The largest absolute Gasteiger partial charge is 1.00 e. The van der Waals surface area contributed by atoms with E-state index in [1.165, 1.54) is 60.8 Å². The van der Waals surface area contributed by atoms with Crippen LogP contribution in [-0.2, 0) is 19.4 Å². The molecule has 0 aliphatic heterocycles. The summed E-state index contributed by atoms with van der Waals surface area (Å²) >= 11 is 0. The molecule has 0 fully saturated rings. The van der Waals surface area contributed by atoms with Crippen LogP contribution in [0.5, 0.6) is 5.75 Å². The maximum atomic E-state index is 5.95. The maximum Gasteiger partial charge on any atom is 0.169 e. The molecular formula is C34H40BrNO. The minimum atomic E-state index is 0. The number of nitrogens with zero attached hydrogens (tertiary/aromatic N) is 1. The number of hydrogen-bond acceptors (Lipinski definition) is 1. The van der Waals surface area contributed by atoms with Crippen molar-refractivity contribution in [2.75, 3.05) is 6.61 Å². The van der Waals surface area contributed by atoms with E-state index in [1.54, 1.807) is 0 Å². The smallest absolute Gasteiger partial charge is 0.169 e. The number of pyridine rings is 1. The lowest BCUT2D eigenvalue weighted by Crippen LogP contribution is -3.00. The monoisotopic (exact) mass is 557 g/mol. The van der Waals surface area contributed by atoms with Crippen LogP contribution < -0.4 is 26.3 Å². The highest BCUT2D eigenvalue weighted by molar-refractivity contribution is 5.61. The first kappa shape index (κ1) is 28.7. The molecular weight excluding hydrogens is 518 g/mol. The van der Waals surface area contributed by atoms with E-state index in [4.69, 9.17) is 4.74 Å². The highest BCUT2D eigenvalue weighted by Gasteiger charge is 2.03. The zero-order valence-electron chi connectivity index (χ0n) is 21.9. The van der Waals surface area contributed by atoms with Crippen molar-refractivity contribution >= 4 is 0 Å². The number of rotatable bonds is 15. The Morgan fingerprint density at radius 2 is 1.00 bits per heavy atom. The summed E-state index contributed by atoms with van der Waals surface area (Å²) in [6.07, 6.45) is 15.5. The van der Waals surface area contributed by atoms with E-state index in [9.17, 15) is 0 Å². The van der Waals surface area contributed by atoms with Crippen molar-refractivity contribution in [1.82, 2.24) is 0 Å². The Kier molecular flexibility index (Phi) is 13.0. The lowest BCUT2D eigenvalue weighted by atomic mass is 10.0. The van der Waals surface area contributed by atoms with E-state index >= 15 is 0 Å². The van der Waals surface area contributed by atoms with Crippen LogP contribution in [0.15, 0.2) is 109 Å². The van der Waals surface area contributed by atoms with E-state index in [0.29, 0.717) is 0 Å². The van der Waals surface area contributed by atoms with E-state index in [0.717, 1.165) is 38.2 Å². The van der Waals surface area contributed by atoms with Crippen molar-refractivity contribution in [3.05, 3.63) is 121 Å². The first-order valence-electron chi connectivity index (χ1n) is 13.7. The maximum absolute atomic E-state index is 5.95. The van der Waals surface area contributed by atoms with Crippen LogP contribution in [-0.4, -0.2) is 6.61 Å². The fourth-order valence-electron chi connectivity index (χ4n) is 4.59. The van der Waals surface area contributed by atoms with E-state index in [1.807, 2.05) is 0 Å². The Hall–Kier alpha value is -2.91. The molecule has 3 heteroatoms. The van der Waals surface area contributed by atoms with Crippen LogP contribution in [0.1, 0.15) is 56.1 Å². The van der Waals surface area contributed by atoms with Gasteiger partial charge in [-0.25, -0.2) is 4.57 Å². The minimum Gasteiger partial charge on any atom is -1.00 e. The van der Waals surface area contributed by atoms with Crippen LogP contribution in [0.3, 0.4) is 0 Å². The lowest BCUT2D eigenvalue weighted by molar-refractivity contribution is -0.697. The number of aryl methyl sites for hydroxylation is 3. The molecule has 0 saturated carbocycles. The van der Waals surface area contributed by atoms with Crippen LogP contribution >= 0.6 is 0 Å². The topological polar surface area (TPSA) is 13.1 Å². The summed E-state index contributed by atoms with van der Waals surface area (Å²) in [6.45, 7) is 1.92. The van der Waals surface area contributed by atoms with Crippen LogP contribution in [0, 0.1) is 0 Å². The van der Waals surface area contributed by atoms with E-state index in [-0.39, 0.29) is 17.0 Å². The van der Waals surface area contributed by atoms with Gasteiger partial charge in [-0.3, -0.25) is 0 Å². The predicted molar refractivity (Wildman–Crippen MR) is 150 cm³/mol. The van der Waals surface area contributed by atoms with Gasteiger partial charge in [0.2, 0.25) is 0 Å². The van der Waals surface area contributed by atoms with E-state index in [2.05, 4.69) is 114 Å². The summed E-state index contributed by atoms with van der Waals surface area (Å²) < 4.78 is 8.26. The fraction of sp³-hybridized carbons (Fsp3) is 0.324. The summed E-state index contributed by atoms with van der Waals surface area (Å²) in [5.74, 6) is 0.993. The van der Waals surface area contributed by atoms with E-state index < -0.39 is 0 Å². The SMILES string of the molecule is [Br-].c1ccc(CCc2ccc(OCCCCCCCCC[n+]3ccc(-c4ccccc4)cc3)cc2)cc1. The van der Waals surface area contributed by atoms with Gasteiger partial charge >= 0.3 is 0 Å². The predicted octanol–water partition coefficient (Wildman–Crippen LogP) is 5.24. The van der Waals surface area contributed by atoms with Crippen LogP contribution in [0.4, 0.5) is 0 Å². The summed E-state index contributed by atoms with van der Waals surface area (Å²) in [5, 5.41) is 0. The summed E-state index contributed by atoms with van der Waals surface area (Å²) in [6, 6.07) is 34.3. The first-order valence-corrected chi connectivity index (χ1v) is 13.7. The molecule has 0 aliphatic rings. The zero-order chi connectivity index (χ0) is 24.7. The summed E-state index contributed by atoms with van der Waals surface area (Å²) in [7, 11) is 0. The zero-order valence-corrected chi connectivity index (χ0v) is 23.5. The average Bonchev–Trinajstić information content (AvgIpc) is 2.95. The van der Waals surface area contributed by atoms with Crippen molar-refractivity contribution in [1.29, 1.82) is 0 Å². The third-order valence-electron chi connectivity index (χ3n) is 6.80. The van der Waals surface area contributed by atoms with Crippen molar-refractivity contribution in [3.8, 4) is 16.9 Å². The highest BCUT2D eigenvalue weighted by Crippen LogP contribution is 2.17. The lowest BCUT2D eigenvalue weighted by Gasteiger charge is -2.08. The number of unbranched alkanes of at least 4 members (excludes halogenated alkanes) is 6. The van der Waals surface area contributed by atoms with Gasteiger partial charge in [0.1, 0.15) is 12.3 Å². The quantitative estimate of drug-likeness (QED) is 0.144. The van der Waals surface area contributed by atoms with Gasteiger partial charge in [-0.1, -0.05) is 98.5 Å². The van der Waals surface area contributed by atoms with Crippen molar-refractivity contribution in [2.45, 2.75) is 64.3 Å². The molecule has 0 spiro atoms. The molecule has 0 amide bonds. The third kappa shape index (κ3) is 10.5.